The molecule has 0 amide bonds. The third-order valence-corrected chi connectivity index (χ3v) is 3.69. The highest BCUT2D eigenvalue weighted by Gasteiger charge is 2.24. The summed E-state index contributed by atoms with van der Waals surface area (Å²) in [5, 5.41) is 19.9. The molecule has 19 heavy (non-hydrogen) atoms. The third kappa shape index (κ3) is 3.85. The minimum Gasteiger partial charge on any atom is -0.507 e. The van der Waals surface area contributed by atoms with Gasteiger partial charge in [0.25, 0.3) is 0 Å². The molecule has 0 aliphatic carbocycles. The molecule has 108 valence electrons. The Balaban J connectivity index is 3.01. The van der Waals surface area contributed by atoms with Gasteiger partial charge in [0.15, 0.2) is 0 Å². The minimum atomic E-state index is -0.0636. The molecule has 1 rings (SSSR count). The van der Waals surface area contributed by atoms with Crippen molar-refractivity contribution < 1.29 is 14.9 Å². The highest BCUT2D eigenvalue weighted by atomic mass is 16.5. The first-order chi connectivity index (χ1) is 9.02. The van der Waals surface area contributed by atoms with Gasteiger partial charge in [-0.2, -0.15) is 0 Å². The lowest BCUT2D eigenvalue weighted by Gasteiger charge is -2.34. The average Bonchev–Trinajstić information content (AvgIpc) is 2.38. The van der Waals surface area contributed by atoms with Crippen molar-refractivity contribution in [3.8, 4) is 11.5 Å². The van der Waals surface area contributed by atoms with Crippen LogP contribution in [0.3, 0.4) is 0 Å². The van der Waals surface area contributed by atoms with E-state index in [0.717, 1.165) is 13.0 Å². The number of hydrogen-bond donors (Lipinski definition) is 2. The maximum atomic E-state index is 9.97. The van der Waals surface area contributed by atoms with Crippen molar-refractivity contribution in [2.45, 2.75) is 39.3 Å². The van der Waals surface area contributed by atoms with Crippen molar-refractivity contribution >= 4 is 0 Å². The summed E-state index contributed by atoms with van der Waals surface area (Å²) in [6.07, 6.45) is 1.00. The monoisotopic (exact) mass is 267 g/mol. The first kappa shape index (κ1) is 15.8. The van der Waals surface area contributed by atoms with Crippen LogP contribution in [-0.4, -0.2) is 41.4 Å². The summed E-state index contributed by atoms with van der Waals surface area (Å²) in [5.41, 5.74) is 0.582. The smallest absolute Gasteiger partial charge is 0.124 e. The van der Waals surface area contributed by atoms with Gasteiger partial charge < -0.3 is 14.9 Å². The van der Waals surface area contributed by atoms with Crippen molar-refractivity contribution in [3.63, 3.8) is 0 Å². The maximum Gasteiger partial charge on any atom is 0.124 e. The summed E-state index contributed by atoms with van der Waals surface area (Å²) in [6.45, 7) is 7.66. The summed E-state index contributed by atoms with van der Waals surface area (Å²) in [6, 6.07) is 5.15. The molecule has 4 nitrogen and oxygen atoms in total. The predicted octanol–water partition coefficient (Wildman–Crippen LogP) is 2.91. The van der Waals surface area contributed by atoms with Crippen molar-refractivity contribution in [1.29, 1.82) is 0 Å². The molecule has 0 fully saturated rings. The zero-order valence-corrected chi connectivity index (χ0v) is 12.3. The van der Waals surface area contributed by atoms with Crippen LogP contribution in [0.15, 0.2) is 18.2 Å². The van der Waals surface area contributed by atoms with E-state index in [2.05, 4.69) is 18.7 Å². The molecule has 0 saturated heterocycles. The van der Waals surface area contributed by atoms with Crippen LogP contribution in [0, 0.1) is 0 Å². The second kappa shape index (κ2) is 7.36. The molecule has 0 heterocycles. The molecule has 2 unspecified atom stereocenters. The normalized spacial score (nSPS) is 14.6. The summed E-state index contributed by atoms with van der Waals surface area (Å²) in [7, 11) is 1.68. The van der Waals surface area contributed by atoms with Gasteiger partial charge in [0.05, 0.1) is 12.2 Å². The molecule has 0 radical (unpaired) electrons. The van der Waals surface area contributed by atoms with Gasteiger partial charge in [-0.05, 0) is 32.4 Å². The first-order valence-electron chi connectivity index (χ1n) is 6.78. The number of hydrogen-bond acceptors (Lipinski definition) is 4. The topological polar surface area (TPSA) is 52.9 Å². The number of rotatable bonds is 7. The number of phenolic OH excluding ortho intramolecular Hbond substituents is 2. The molecule has 0 bridgehead atoms. The standard InChI is InChI=1S/C15H25NO3/c1-5-11(2)16(9-10-19-4)12(3)15-13(17)7-6-8-14(15)18/h6-8,11-12,17-18H,5,9-10H2,1-4H3. The molecule has 0 aliphatic rings. The fourth-order valence-electron chi connectivity index (χ4n) is 2.36. The van der Waals surface area contributed by atoms with Gasteiger partial charge in [0, 0.05) is 25.7 Å². The van der Waals surface area contributed by atoms with E-state index in [0.29, 0.717) is 18.2 Å². The Morgan fingerprint density at radius 1 is 1.21 bits per heavy atom. The predicted molar refractivity (Wildman–Crippen MR) is 76.5 cm³/mol. The Kier molecular flexibility index (Phi) is 6.12. The molecule has 0 aliphatic heterocycles. The van der Waals surface area contributed by atoms with Crippen molar-refractivity contribution in [3.05, 3.63) is 23.8 Å². The molecule has 2 N–H and O–H groups in total. The van der Waals surface area contributed by atoms with Crippen molar-refractivity contribution in [1.82, 2.24) is 4.90 Å². The van der Waals surface area contributed by atoms with Crippen LogP contribution in [0.25, 0.3) is 0 Å². The average molecular weight is 267 g/mol. The Labute approximate surface area is 115 Å². The van der Waals surface area contributed by atoms with Crippen LogP contribution < -0.4 is 0 Å². The summed E-state index contributed by atoms with van der Waals surface area (Å²) >= 11 is 0. The van der Waals surface area contributed by atoms with E-state index < -0.39 is 0 Å². The van der Waals surface area contributed by atoms with Crippen LogP contribution in [-0.2, 0) is 4.74 Å². The summed E-state index contributed by atoms with van der Waals surface area (Å²) < 4.78 is 5.15. The second-order valence-corrected chi connectivity index (χ2v) is 4.87. The lowest BCUT2D eigenvalue weighted by Crippen LogP contribution is -2.37. The number of methoxy groups -OCH3 is 1. The fraction of sp³-hybridized carbons (Fsp3) is 0.600. The zero-order valence-electron chi connectivity index (χ0n) is 12.3. The molecule has 1 aromatic rings. The minimum absolute atomic E-state index is 0.0636. The first-order valence-corrected chi connectivity index (χ1v) is 6.78. The largest absolute Gasteiger partial charge is 0.507 e. The van der Waals surface area contributed by atoms with E-state index in [4.69, 9.17) is 4.74 Å². The van der Waals surface area contributed by atoms with E-state index in [1.165, 1.54) is 0 Å². The number of ether oxygens (including phenoxy) is 1. The molecule has 0 saturated carbocycles. The molecule has 2 atom stereocenters. The Bertz CT molecular complexity index is 375. The number of nitrogens with zero attached hydrogens (tertiary/aromatic N) is 1. The van der Waals surface area contributed by atoms with Crippen molar-refractivity contribution in [2.75, 3.05) is 20.3 Å². The highest BCUT2D eigenvalue weighted by Crippen LogP contribution is 2.36. The van der Waals surface area contributed by atoms with E-state index >= 15 is 0 Å². The number of phenols is 2. The van der Waals surface area contributed by atoms with Gasteiger partial charge in [-0.15, -0.1) is 0 Å². The molecule has 1 aromatic carbocycles. The molecule has 0 aromatic heterocycles. The zero-order chi connectivity index (χ0) is 14.4. The van der Waals surface area contributed by atoms with E-state index in [-0.39, 0.29) is 17.5 Å². The lowest BCUT2D eigenvalue weighted by atomic mass is 10.0. The molecular weight excluding hydrogens is 242 g/mol. The number of benzene rings is 1. The fourth-order valence-corrected chi connectivity index (χ4v) is 2.36. The van der Waals surface area contributed by atoms with Crippen LogP contribution in [0.1, 0.15) is 38.8 Å². The second-order valence-electron chi connectivity index (χ2n) is 4.87. The van der Waals surface area contributed by atoms with Crippen molar-refractivity contribution in [2.24, 2.45) is 0 Å². The van der Waals surface area contributed by atoms with Gasteiger partial charge in [0.2, 0.25) is 0 Å². The van der Waals surface area contributed by atoms with Gasteiger partial charge in [0.1, 0.15) is 11.5 Å². The SMILES string of the molecule is CCC(C)N(CCOC)C(C)c1c(O)cccc1O. The Hall–Kier alpha value is -1.26. The Morgan fingerprint density at radius 3 is 2.26 bits per heavy atom. The maximum absolute atomic E-state index is 9.97. The Morgan fingerprint density at radius 2 is 1.79 bits per heavy atom. The van der Waals surface area contributed by atoms with Crippen LogP contribution >= 0.6 is 0 Å². The van der Waals surface area contributed by atoms with Crippen LogP contribution in [0.5, 0.6) is 11.5 Å². The lowest BCUT2D eigenvalue weighted by molar-refractivity contribution is 0.0920. The van der Waals surface area contributed by atoms with E-state index in [1.807, 2.05) is 6.92 Å². The van der Waals surface area contributed by atoms with Gasteiger partial charge in [-0.1, -0.05) is 13.0 Å². The van der Waals surface area contributed by atoms with E-state index in [1.54, 1.807) is 25.3 Å². The molecular formula is C15H25NO3. The van der Waals surface area contributed by atoms with Crippen LogP contribution in [0.4, 0.5) is 0 Å². The molecule has 4 heteroatoms. The summed E-state index contributed by atoms with van der Waals surface area (Å²) in [4.78, 5) is 2.23. The van der Waals surface area contributed by atoms with Gasteiger partial charge in [-0.3, -0.25) is 4.90 Å². The van der Waals surface area contributed by atoms with E-state index in [9.17, 15) is 10.2 Å². The van der Waals surface area contributed by atoms with Gasteiger partial charge in [-0.25, -0.2) is 0 Å². The molecule has 0 spiro atoms. The van der Waals surface area contributed by atoms with Gasteiger partial charge >= 0.3 is 0 Å². The highest BCUT2D eigenvalue weighted by molar-refractivity contribution is 5.45. The quantitative estimate of drug-likeness (QED) is 0.797. The summed E-state index contributed by atoms with van der Waals surface area (Å²) in [5.74, 6) is 0.274. The third-order valence-electron chi connectivity index (χ3n) is 3.69. The van der Waals surface area contributed by atoms with Crippen LogP contribution in [0.2, 0.25) is 0 Å². The number of aromatic hydroxyl groups is 2.